The zero-order chi connectivity index (χ0) is 13.4. The summed E-state index contributed by atoms with van der Waals surface area (Å²) in [6, 6.07) is 9.19. The Hall–Kier alpha value is -1.43. The van der Waals surface area contributed by atoms with Crippen molar-refractivity contribution in [3.63, 3.8) is 0 Å². The van der Waals surface area contributed by atoms with Crippen molar-refractivity contribution in [1.29, 1.82) is 0 Å². The fourth-order valence-corrected chi connectivity index (χ4v) is 1.67. The zero-order valence-corrected chi connectivity index (χ0v) is 10.5. The van der Waals surface area contributed by atoms with Crippen LogP contribution >= 0.6 is 0 Å². The van der Waals surface area contributed by atoms with Crippen molar-refractivity contribution in [2.24, 2.45) is 0 Å². The predicted molar refractivity (Wildman–Crippen MR) is 67.4 cm³/mol. The van der Waals surface area contributed by atoms with E-state index in [0.717, 1.165) is 5.56 Å². The number of hydrogen-bond acceptors (Lipinski definition) is 4. The molecule has 0 heterocycles. The van der Waals surface area contributed by atoms with E-state index < -0.39 is 12.1 Å². The van der Waals surface area contributed by atoms with Crippen LogP contribution in [0.25, 0.3) is 0 Å². The second kappa shape index (κ2) is 7.81. The second-order valence-electron chi connectivity index (χ2n) is 4.05. The van der Waals surface area contributed by atoms with Crippen molar-refractivity contribution in [2.75, 3.05) is 33.4 Å². The molecule has 0 fully saturated rings. The number of methoxy groups -OCH3 is 1. The van der Waals surface area contributed by atoms with Gasteiger partial charge in [0.1, 0.15) is 0 Å². The smallest absolute Gasteiger partial charge is 0.317 e. The van der Waals surface area contributed by atoms with Crippen LogP contribution in [0.4, 0.5) is 0 Å². The summed E-state index contributed by atoms with van der Waals surface area (Å²) in [4.78, 5) is 12.4. The van der Waals surface area contributed by atoms with E-state index in [9.17, 15) is 9.90 Å². The van der Waals surface area contributed by atoms with E-state index >= 15 is 0 Å². The van der Waals surface area contributed by atoms with Crippen molar-refractivity contribution in [3.05, 3.63) is 35.9 Å². The largest absolute Gasteiger partial charge is 0.480 e. The van der Waals surface area contributed by atoms with Gasteiger partial charge in [0.25, 0.3) is 0 Å². The lowest BCUT2D eigenvalue weighted by Gasteiger charge is -2.23. The molecule has 0 radical (unpaired) electrons. The molecule has 0 saturated carbocycles. The maximum absolute atomic E-state index is 10.7. The van der Waals surface area contributed by atoms with Gasteiger partial charge in [0.05, 0.1) is 19.3 Å². The van der Waals surface area contributed by atoms with Gasteiger partial charge in [-0.15, -0.1) is 0 Å². The first-order valence-corrected chi connectivity index (χ1v) is 5.79. The van der Waals surface area contributed by atoms with Crippen molar-refractivity contribution in [1.82, 2.24) is 4.90 Å². The number of rotatable bonds is 8. The first-order chi connectivity index (χ1) is 8.63. The number of nitrogens with zero attached hydrogens (tertiary/aromatic N) is 1. The molecule has 0 aliphatic carbocycles. The third kappa shape index (κ3) is 5.27. The number of carboxylic acids is 1. The Morgan fingerprint density at radius 3 is 2.61 bits per heavy atom. The SMILES string of the molecule is COCCN(CC(=O)O)CC(O)c1ccccc1. The monoisotopic (exact) mass is 253 g/mol. The molecular formula is C13H19NO4. The molecule has 1 aromatic carbocycles. The number of aliphatic hydroxyl groups is 1. The maximum atomic E-state index is 10.7. The zero-order valence-electron chi connectivity index (χ0n) is 10.5. The van der Waals surface area contributed by atoms with Crippen LogP contribution in [0.1, 0.15) is 11.7 Å². The van der Waals surface area contributed by atoms with Gasteiger partial charge < -0.3 is 14.9 Å². The third-order valence-corrected chi connectivity index (χ3v) is 2.59. The molecule has 0 amide bonds. The highest BCUT2D eigenvalue weighted by molar-refractivity contribution is 5.69. The molecule has 1 unspecified atom stereocenters. The molecule has 1 rings (SSSR count). The van der Waals surface area contributed by atoms with E-state index in [0.29, 0.717) is 13.2 Å². The molecule has 100 valence electrons. The molecule has 1 atom stereocenters. The summed E-state index contributed by atoms with van der Waals surface area (Å²) in [5, 5.41) is 18.8. The van der Waals surface area contributed by atoms with Crippen LogP contribution in [0.2, 0.25) is 0 Å². The fourth-order valence-electron chi connectivity index (χ4n) is 1.67. The number of ether oxygens (including phenoxy) is 1. The van der Waals surface area contributed by atoms with Gasteiger partial charge in [-0.3, -0.25) is 9.69 Å². The van der Waals surface area contributed by atoms with Gasteiger partial charge in [0, 0.05) is 20.2 Å². The van der Waals surface area contributed by atoms with Crippen LogP contribution in [0.15, 0.2) is 30.3 Å². The Labute approximate surface area is 107 Å². The lowest BCUT2D eigenvalue weighted by molar-refractivity contribution is -0.138. The molecule has 0 bridgehead atoms. The van der Waals surface area contributed by atoms with E-state index in [4.69, 9.17) is 9.84 Å². The molecule has 18 heavy (non-hydrogen) atoms. The standard InChI is InChI=1S/C13H19NO4/c1-18-8-7-14(10-13(16)17)9-12(15)11-5-3-2-4-6-11/h2-6,12,15H,7-10H2,1H3,(H,16,17). The molecule has 5 nitrogen and oxygen atoms in total. The van der Waals surface area contributed by atoms with E-state index in [1.165, 1.54) is 0 Å². The highest BCUT2D eigenvalue weighted by Crippen LogP contribution is 2.13. The van der Waals surface area contributed by atoms with Crippen molar-refractivity contribution in [2.45, 2.75) is 6.10 Å². The number of aliphatic hydroxyl groups excluding tert-OH is 1. The number of benzene rings is 1. The second-order valence-corrected chi connectivity index (χ2v) is 4.05. The first kappa shape index (κ1) is 14.6. The Bertz CT molecular complexity index is 355. The molecule has 0 aliphatic heterocycles. The molecule has 0 aromatic heterocycles. The molecule has 5 heteroatoms. The van der Waals surface area contributed by atoms with Crippen LogP contribution in [-0.2, 0) is 9.53 Å². The van der Waals surface area contributed by atoms with Gasteiger partial charge in [-0.2, -0.15) is 0 Å². The molecule has 2 N–H and O–H groups in total. The van der Waals surface area contributed by atoms with E-state index in [2.05, 4.69) is 0 Å². The number of carbonyl (C=O) groups is 1. The molecule has 0 spiro atoms. The van der Waals surface area contributed by atoms with Crippen LogP contribution in [-0.4, -0.2) is 54.4 Å². The lowest BCUT2D eigenvalue weighted by atomic mass is 10.1. The summed E-state index contributed by atoms with van der Waals surface area (Å²) in [6.07, 6.45) is -0.692. The normalized spacial score (nSPS) is 12.6. The summed E-state index contributed by atoms with van der Waals surface area (Å²) in [6.45, 7) is 1.09. The van der Waals surface area contributed by atoms with Crippen LogP contribution in [0, 0.1) is 0 Å². The van der Waals surface area contributed by atoms with Gasteiger partial charge >= 0.3 is 5.97 Å². The minimum atomic E-state index is -0.911. The van der Waals surface area contributed by atoms with Crippen LogP contribution in [0.5, 0.6) is 0 Å². The maximum Gasteiger partial charge on any atom is 0.317 e. The molecule has 0 saturated heterocycles. The van der Waals surface area contributed by atoms with Crippen molar-refractivity contribution < 1.29 is 19.7 Å². The topological polar surface area (TPSA) is 70.0 Å². The molecule has 1 aromatic rings. The Kier molecular flexibility index (Phi) is 6.35. The van der Waals surface area contributed by atoms with Gasteiger partial charge in [-0.05, 0) is 5.56 Å². The van der Waals surface area contributed by atoms with Gasteiger partial charge in [0.15, 0.2) is 0 Å². The Morgan fingerprint density at radius 2 is 2.06 bits per heavy atom. The minimum absolute atomic E-state index is 0.104. The molecule has 0 aliphatic rings. The average Bonchev–Trinajstić information content (AvgIpc) is 2.36. The fraction of sp³-hybridized carbons (Fsp3) is 0.462. The highest BCUT2D eigenvalue weighted by atomic mass is 16.5. The Balaban J connectivity index is 2.56. The first-order valence-electron chi connectivity index (χ1n) is 5.79. The van der Waals surface area contributed by atoms with Gasteiger partial charge in [0.2, 0.25) is 0 Å². The van der Waals surface area contributed by atoms with Crippen LogP contribution in [0.3, 0.4) is 0 Å². The Morgan fingerprint density at radius 1 is 1.39 bits per heavy atom. The summed E-state index contributed by atoms with van der Waals surface area (Å²) < 4.78 is 4.92. The van der Waals surface area contributed by atoms with Crippen molar-refractivity contribution in [3.8, 4) is 0 Å². The van der Waals surface area contributed by atoms with E-state index in [-0.39, 0.29) is 13.1 Å². The predicted octanol–water partition coefficient (Wildman–Crippen LogP) is 0.753. The summed E-state index contributed by atoms with van der Waals surface area (Å²) in [5.74, 6) is -0.911. The highest BCUT2D eigenvalue weighted by Gasteiger charge is 2.15. The van der Waals surface area contributed by atoms with Gasteiger partial charge in [-0.25, -0.2) is 0 Å². The van der Waals surface area contributed by atoms with E-state index in [1.807, 2.05) is 30.3 Å². The quantitative estimate of drug-likeness (QED) is 0.715. The summed E-state index contributed by atoms with van der Waals surface area (Å²) in [7, 11) is 1.56. The minimum Gasteiger partial charge on any atom is -0.480 e. The van der Waals surface area contributed by atoms with Crippen molar-refractivity contribution >= 4 is 5.97 Å². The average molecular weight is 253 g/mol. The van der Waals surface area contributed by atoms with Gasteiger partial charge in [-0.1, -0.05) is 30.3 Å². The number of carboxylic acid groups (broad SMARTS) is 1. The van der Waals surface area contributed by atoms with E-state index in [1.54, 1.807) is 12.0 Å². The molecular weight excluding hydrogens is 234 g/mol. The third-order valence-electron chi connectivity index (χ3n) is 2.59. The summed E-state index contributed by atoms with van der Waals surface area (Å²) >= 11 is 0. The number of hydrogen-bond donors (Lipinski definition) is 2. The van der Waals surface area contributed by atoms with Crippen LogP contribution < -0.4 is 0 Å². The summed E-state index contributed by atoms with van der Waals surface area (Å²) in [5.41, 5.74) is 0.783. The lowest BCUT2D eigenvalue weighted by Crippen LogP contribution is -2.36. The number of aliphatic carboxylic acids is 1.